The van der Waals surface area contributed by atoms with Gasteiger partial charge in [0.05, 0.1) is 12.0 Å². The first-order valence-electron chi connectivity index (χ1n) is 20.3. The van der Waals surface area contributed by atoms with Crippen molar-refractivity contribution in [3.05, 3.63) is 113 Å². The van der Waals surface area contributed by atoms with Gasteiger partial charge < -0.3 is 47.1 Å². The van der Waals surface area contributed by atoms with Crippen molar-refractivity contribution >= 4 is 58.6 Å². The Morgan fingerprint density at radius 3 is 2.00 bits per heavy atom. The number of halogens is 3. The number of primary amides is 1. The molecule has 0 saturated carbocycles. The Hall–Kier alpha value is -7.18. The van der Waals surface area contributed by atoms with Crippen molar-refractivity contribution in [3.8, 4) is 0 Å². The van der Waals surface area contributed by atoms with E-state index in [4.69, 9.17) is 10.5 Å². The zero-order valence-corrected chi connectivity index (χ0v) is 35.4. The first-order valence-corrected chi connectivity index (χ1v) is 20.3. The molecule has 9 N–H and O–H groups in total. The molecule has 1 heterocycles. The predicted molar refractivity (Wildman–Crippen MR) is 230 cm³/mol. The lowest BCUT2D eigenvalue weighted by molar-refractivity contribution is -0.141. The third-order valence-electron chi connectivity index (χ3n) is 9.58. The average molecular weight is 892 g/mol. The molecule has 6 amide bonds. The topological polar surface area (TPSA) is 251 Å². The summed E-state index contributed by atoms with van der Waals surface area (Å²) in [6.45, 7) is 4.98. The van der Waals surface area contributed by atoms with E-state index >= 15 is 0 Å². The number of unbranched alkanes of at least 4 members (excludes halogenated alkanes) is 1. The summed E-state index contributed by atoms with van der Waals surface area (Å²) in [7, 11) is 0. The highest BCUT2D eigenvalue weighted by molar-refractivity contribution is 5.97. The van der Waals surface area contributed by atoms with Crippen LogP contribution in [0.1, 0.15) is 68.7 Å². The minimum Gasteiger partial charge on any atom is -0.481 e. The number of alkyl carbamates (subject to hydrolysis) is 1. The molecule has 342 valence electrons. The Kier molecular flexibility index (Phi) is 17.6. The Bertz CT molecular complexity index is 2290. The van der Waals surface area contributed by atoms with E-state index in [-0.39, 0.29) is 38.6 Å². The van der Waals surface area contributed by atoms with Crippen molar-refractivity contribution in [2.75, 3.05) is 6.54 Å². The summed E-state index contributed by atoms with van der Waals surface area (Å²) in [5, 5.41) is 23.1. The lowest BCUT2D eigenvalue weighted by Gasteiger charge is -2.26. The van der Waals surface area contributed by atoms with Crippen molar-refractivity contribution in [1.29, 1.82) is 0 Å². The highest BCUT2D eigenvalue weighted by Crippen LogP contribution is 2.29. The highest BCUT2D eigenvalue weighted by atomic mass is 19.4. The van der Waals surface area contributed by atoms with E-state index < -0.39 is 89.5 Å². The van der Waals surface area contributed by atoms with Crippen LogP contribution in [0.25, 0.3) is 17.0 Å². The normalized spacial score (nSPS) is 13.5. The van der Waals surface area contributed by atoms with Crippen LogP contribution >= 0.6 is 0 Å². The van der Waals surface area contributed by atoms with Gasteiger partial charge in [-0.1, -0.05) is 60.7 Å². The molecule has 0 aliphatic carbocycles. The van der Waals surface area contributed by atoms with E-state index in [2.05, 4.69) is 31.6 Å². The van der Waals surface area contributed by atoms with Crippen LogP contribution in [0.2, 0.25) is 0 Å². The van der Waals surface area contributed by atoms with Crippen molar-refractivity contribution in [2.24, 2.45) is 5.73 Å². The molecule has 0 fully saturated rings. The number of nitrogens with one attached hydrogen (secondary N) is 6. The van der Waals surface area contributed by atoms with Crippen LogP contribution in [0.4, 0.5) is 18.0 Å². The summed E-state index contributed by atoms with van der Waals surface area (Å²) >= 11 is 0. The number of nitrogens with two attached hydrogens (primary N) is 1. The number of fused-ring (bicyclic) bond motifs is 1. The molecule has 19 heteroatoms. The van der Waals surface area contributed by atoms with E-state index in [1.807, 2.05) is 18.2 Å². The van der Waals surface area contributed by atoms with Crippen LogP contribution in [-0.2, 0) is 52.5 Å². The number of alkyl halides is 3. The number of hydrogen-bond donors (Lipinski definition) is 8. The molecule has 0 aliphatic heterocycles. The summed E-state index contributed by atoms with van der Waals surface area (Å²) < 4.78 is 44.1. The smallest absolute Gasteiger partial charge is 0.416 e. The fraction of sp³-hybridized carbons (Fsp3) is 0.356. The summed E-state index contributed by atoms with van der Waals surface area (Å²) in [6.07, 6.45) is -1.98. The molecule has 0 aliphatic rings. The van der Waals surface area contributed by atoms with E-state index in [1.54, 1.807) is 63.4 Å². The van der Waals surface area contributed by atoms with Gasteiger partial charge in [-0.3, -0.25) is 28.8 Å². The Balaban J connectivity index is 1.52. The molecule has 1 aromatic heterocycles. The molecule has 16 nitrogen and oxygen atoms in total. The molecule has 4 rings (SSSR count). The quantitative estimate of drug-likeness (QED) is 0.0439. The zero-order chi connectivity index (χ0) is 47.0. The minimum atomic E-state index is -4.51. The summed E-state index contributed by atoms with van der Waals surface area (Å²) in [5.41, 5.74) is 6.20. The van der Waals surface area contributed by atoms with Gasteiger partial charge in [0, 0.05) is 42.6 Å². The number of aromatic amines is 1. The van der Waals surface area contributed by atoms with Gasteiger partial charge in [0.15, 0.2) is 0 Å². The van der Waals surface area contributed by atoms with E-state index in [9.17, 15) is 51.8 Å². The molecule has 4 aromatic rings. The molecule has 0 bridgehead atoms. The highest BCUT2D eigenvalue weighted by Gasteiger charge is 2.33. The molecule has 64 heavy (non-hydrogen) atoms. The van der Waals surface area contributed by atoms with Crippen LogP contribution in [0, 0.1) is 0 Å². The number of hydrogen-bond acceptors (Lipinski definition) is 8. The largest absolute Gasteiger partial charge is 0.481 e. The van der Waals surface area contributed by atoms with Gasteiger partial charge in [0.25, 0.3) is 0 Å². The van der Waals surface area contributed by atoms with Crippen molar-refractivity contribution < 1.29 is 56.6 Å². The first-order chi connectivity index (χ1) is 30.2. The fourth-order valence-corrected chi connectivity index (χ4v) is 6.42. The number of amides is 6. The van der Waals surface area contributed by atoms with Gasteiger partial charge >= 0.3 is 18.2 Å². The van der Waals surface area contributed by atoms with E-state index in [0.717, 1.165) is 29.1 Å². The van der Waals surface area contributed by atoms with Gasteiger partial charge in [-0.15, -0.1) is 0 Å². The standard InChI is InChI=1S/C45H52F3N7O9/c1-44(2,3)64-43(63)55-35(24-29-26-51-32-14-8-7-13-31(29)32)41(61)52-33(15-9-10-22-50-37(56)21-18-27-16-19-30(20-17-27)45(46,47)48)40(60)54-36(25-38(57)58)42(62)53-34(39(49)59)23-28-11-5-4-6-12-28/h4-8,11-14,16-21,26,33-36,51H,9-10,15,22-25H2,1-3H3,(H2,49,59)(H,50,56)(H,52,61)(H,53,62)(H,54,60)(H,55,63)(H,57,58)/b21-18+/t33-,34-,35-,36-/m0/s1. The zero-order valence-electron chi connectivity index (χ0n) is 35.4. The summed E-state index contributed by atoms with van der Waals surface area (Å²) in [6, 6.07) is 14.3. The molecule has 0 unspecified atom stereocenters. The maximum Gasteiger partial charge on any atom is 0.416 e. The number of aromatic nitrogens is 1. The Labute approximate surface area is 366 Å². The first kappa shape index (κ1) is 49.5. The third-order valence-corrected chi connectivity index (χ3v) is 9.58. The number of rotatable bonds is 21. The van der Waals surface area contributed by atoms with Crippen LogP contribution in [0.15, 0.2) is 91.1 Å². The SMILES string of the molecule is CC(C)(C)OC(=O)N[C@@H](Cc1c[nH]c2ccccc12)C(=O)N[C@@H](CCCCNC(=O)/C=C/c1ccc(C(F)(F)F)cc1)C(=O)N[C@@H](CC(=O)O)C(=O)N[C@@H](Cc1ccccc1)C(N)=O. The van der Waals surface area contributed by atoms with Crippen molar-refractivity contribution in [3.63, 3.8) is 0 Å². The average Bonchev–Trinajstić information content (AvgIpc) is 3.63. The second kappa shape index (κ2) is 22.8. The molecule has 4 atom stereocenters. The second-order valence-electron chi connectivity index (χ2n) is 15.9. The predicted octanol–water partition coefficient (Wildman–Crippen LogP) is 4.28. The maximum absolute atomic E-state index is 14.1. The number of carbonyl (C=O) groups is 7. The lowest BCUT2D eigenvalue weighted by atomic mass is 10.0. The number of H-pyrrole nitrogens is 1. The summed E-state index contributed by atoms with van der Waals surface area (Å²) in [5.74, 6) is -5.77. The molecule has 0 saturated heterocycles. The number of carboxylic acid groups (broad SMARTS) is 1. The third kappa shape index (κ3) is 16.3. The number of carboxylic acids is 1. The molecular formula is C45H52F3N7O9. The number of benzene rings is 3. The van der Waals surface area contributed by atoms with Gasteiger partial charge in [-0.25, -0.2) is 4.79 Å². The van der Waals surface area contributed by atoms with E-state index in [1.165, 1.54) is 18.2 Å². The molecule has 0 radical (unpaired) electrons. The molecule has 3 aromatic carbocycles. The van der Waals surface area contributed by atoms with Crippen LogP contribution < -0.4 is 32.3 Å². The lowest BCUT2D eigenvalue weighted by Crippen LogP contribution is -2.59. The Morgan fingerprint density at radius 1 is 0.750 bits per heavy atom. The number of carbonyl (C=O) groups excluding carboxylic acids is 6. The monoisotopic (exact) mass is 891 g/mol. The van der Waals surface area contributed by atoms with Gasteiger partial charge in [-0.2, -0.15) is 13.2 Å². The second-order valence-corrected chi connectivity index (χ2v) is 15.9. The van der Waals surface area contributed by atoms with Crippen LogP contribution in [-0.4, -0.2) is 88.0 Å². The number of para-hydroxylation sites is 1. The van der Waals surface area contributed by atoms with Gasteiger partial charge in [0.2, 0.25) is 29.5 Å². The van der Waals surface area contributed by atoms with Crippen molar-refractivity contribution in [2.45, 2.75) is 95.2 Å². The maximum atomic E-state index is 14.1. The van der Waals surface area contributed by atoms with E-state index in [0.29, 0.717) is 16.7 Å². The van der Waals surface area contributed by atoms with Crippen molar-refractivity contribution in [1.82, 2.24) is 31.6 Å². The number of ether oxygens (including phenoxy) is 1. The molecular weight excluding hydrogens is 840 g/mol. The molecule has 0 spiro atoms. The van der Waals surface area contributed by atoms with Crippen LogP contribution in [0.5, 0.6) is 0 Å². The Morgan fingerprint density at radius 2 is 1.36 bits per heavy atom. The van der Waals surface area contributed by atoms with Crippen LogP contribution in [0.3, 0.4) is 0 Å². The van der Waals surface area contributed by atoms with Gasteiger partial charge in [-0.05, 0) is 81.0 Å². The van der Waals surface area contributed by atoms with Gasteiger partial charge in [0.1, 0.15) is 29.8 Å². The summed E-state index contributed by atoms with van der Waals surface area (Å²) in [4.78, 5) is 94.6. The number of aliphatic carboxylic acids is 1. The fourth-order valence-electron chi connectivity index (χ4n) is 6.42. The minimum absolute atomic E-state index is 0.0296.